The fraction of sp³-hybridized carbons (Fsp3) is 0.273. The van der Waals surface area contributed by atoms with E-state index in [1.54, 1.807) is 13.4 Å². The smallest absolute Gasteiger partial charge is 0.339 e. The second-order valence-electron chi connectivity index (χ2n) is 7.11. The molecule has 0 fully saturated rings. The lowest BCUT2D eigenvalue weighted by Gasteiger charge is -2.13. The Hall–Kier alpha value is -3.68. The van der Waals surface area contributed by atoms with Crippen LogP contribution in [-0.4, -0.2) is 37.7 Å². The molecule has 0 atom stereocenters. The number of aryl methyl sites for hydroxylation is 2. The Labute approximate surface area is 175 Å². The van der Waals surface area contributed by atoms with Crippen molar-refractivity contribution >= 4 is 17.6 Å². The van der Waals surface area contributed by atoms with Crippen LogP contribution in [0, 0.1) is 6.92 Å². The third-order valence-corrected chi connectivity index (χ3v) is 4.46. The van der Waals surface area contributed by atoms with Gasteiger partial charge in [0, 0.05) is 24.1 Å². The highest BCUT2D eigenvalue weighted by molar-refractivity contribution is 5.88. The summed E-state index contributed by atoms with van der Waals surface area (Å²) in [5.41, 5.74) is 4.28. The van der Waals surface area contributed by atoms with Crippen LogP contribution in [0.3, 0.4) is 0 Å². The average Bonchev–Trinajstić information content (AvgIpc) is 3.13. The molecule has 3 rings (SSSR count). The minimum atomic E-state index is -1.03. The zero-order valence-electron chi connectivity index (χ0n) is 17.5. The number of ether oxygens (including phenoxy) is 1. The maximum absolute atomic E-state index is 11.5. The standard InChI is InChI=1S/C22H25N5O3/c1-14(2)6-5-7-18-17(21(28)29)11-23-22(26-18)25-16-8-9-19(20(10-16)30-4)27-12-15(3)24-13-27/h6,8-13H,5,7H2,1-4H3,(H,28,29)(H,23,25,26). The van der Waals surface area contributed by atoms with Crippen LogP contribution in [0.15, 0.2) is 48.6 Å². The van der Waals surface area contributed by atoms with Gasteiger partial charge in [-0.3, -0.25) is 0 Å². The summed E-state index contributed by atoms with van der Waals surface area (Å²) in [7, 11) is 1.60. The highest BCUT2D eigenvalue weighted by Gasteiger charge is 2.14. The van der Waals surface area contributed by atoms with E-state index in [4.69, 9.17) is 4.74 Å². The predicted molar refractivity (Wildman–Crippen MR) is 115 cm³/mol. The van der Waals surface area contributed by atoms with Gasteiger partial charge < -0.3 is 19.7 Å². The Morgan fingerprint density at radius 3 is 2.73 bits per heavy atom. The Balaban J connectivity index is 1.86. The number of imidazole rings is 1. The number of nitrogens with zero attached hydrogens (tertiary/aromatic N) is 4. The fourth-order valence-electron chi connectivity index (χ4n) is 2.99. The molecule has 0 aliphatic heterocycles. The molecule has 0 amide bonds. The molecule has 0 unspecified atom stereocenters. The van der Waals surface area contributed by atoms with Gasteiger partial charge in [0.25, 0.3) is 0 Å². The van der Waals surface area contributed by atoms with E-state index < -0.39 is 5.97 Å². The van der Waals surface area contributed by atoms with E-state index in [2.05, 4.69) is 26.3 Å². The Morgan fingerprint density at radius 1 is 1.30 bits per heavy atom. The number of methoxy groups -OCH3 is 1. The van der Waals surface area contributed by atoms with Gasteiger partial charge in [0.05, 0.1) is 36.1 Å². The van der Waals surface area contributed by atoms with Crippen molar-refractivity contribution in [1.82, 2.24) is 19.5 Å². The zero-order chi connectivity index (χ0) is 21.7. The minimum absolute atomic E-state index is 0.117. The third kappa shape index (κ3) is 5.02. The summed E-state index contributed by atoms with van der Waals surface area (Å²) in [5, 5.41) is 12.6. The number of anilines is 2. The lowest BCUT2D eigenvalue weighted by Crippen LogP contribution is -2.09. The summed E-state index contributed by atoms with van der Waals surface area (Å²) < 4.78 is 7.41. The van der Waals surface area contributed by atoms with Crippen molar-refractivity contribution in [2.45, 2.75) is 33.6 Å². The summed E-state index contributed by atoms with van der Waals surface area (Å²) in [5.74, 6) is -0.0424. The monoisotopic (exact) mass is 407 g/mol. The van der Waals surface area contributed by atoms with Crippen molar-refractivity contribution in [3.8, 4) is 11.4 Å². The molecule has 0 aliphatic carbocycles. The Kier molecular flexibility index (Phi) is 6.46. The largest absolute Gasteiger partial charge is 0.494 e. The molecule has 156 valence electrons. The van der Waals surface area contributed by atoms with Crippen LogP contribution in [0.2, 0.25) is 0 Å². The number of aromatic nitrogens is 4. The molecule has 8 nitrogen and oxygen atoms in total. The van der Waals surface area contributed by atoms with E-state index in [9.17, 15) is 9.90 Å². The molecular formula is C22H25N5O3. The molecule has 2 N–H and O–H groups in total. The summed E-state index contributed by atoms with van der Waals surface area (Å²) in [6, 6.07) is 5.62. The van der Waals surface area contributed by atoms with E-state index >= 15 is 0 Å². The van der Waals surface area contributed by atoms with Crippen molar-refractivity contribution in [3.63, 3.8) is 0 Å². The summed E-state index contributed by atoms with van der Waals surface area (Å²) in [6.07, 6.45) is 8.28. The predicted octanol–water partition coefficient (Wildman–Crippen LogP) is 4.32. The van der Waals surface area contributed by atoms with Gasteiger partial charge in [0.15, 0.2) is 0 Å². The van der Waals surface area contributed by atoms with Crippen molar-refractivity contribution < 1.29 is 14.6 Å². The number of carboxylic acids is 1. The molecule has 0 saturated carbocycles. The van der Waals surface area contributed by atoms with Crippen molar-refractivity contribution in [1.29, 1.82) is 0 Å². The van der Waals surface area contributed by atoms with Gasteiger partial charge in [-0.05, 0) is 45.7 Å². The number of allylic oxidation sites excluding steroid dienone is 2. The molecule has 30 heavy (non-hydrogen) atoms. The van der Waals surface area contributed by atoms with Gasteiger partial charge in [0.2, 0.25) is 5.95 Å². The SMILES string of the molecule is COc1cc(Nc2ncc(C(=O)O)c(CCC=C(C)C)n2)ccc1-n1cnc(C)c1. The number of hydrogen-bond donors (Lipinski definition) is 2. The van der Waals surface area contributed by atoms with Crippen molar-refractivity contribution in [2.24, 2.45) is 0 Å². The normalized spacial score (nSPS) is 10.5. The van der Waals surface area contributed by atoms with Crippen molar-refractivity contribution in [2.75, 3.05) is 12.4 Å². The van der Waals surface area contributed by atoms with E-state index in [-0.39, 0.29) is 5.56 Å². The topological polar surface area (TPSA) is 102 Å². The molecular weight excluding hydrogens is 382 g/mol. The number of carboxylic acid groups (broad SMARTS) is 1. The third-order valence-electron chi connectivity index (χ3n) is 4.46. The van der Waals surface area contributed by atoms with Crippen LogP contribution >= 0.6 is 0 Å². The Bertz CT molecular complexity index is 1080. The molecule has 8 heteroatoms. The molecule has 0 aliphatic rings. The summed E-state index contributed by atoms with van der Waals surface area (Å²) in [4.78, 5) is 24.4. The first-order chi connectivity index (χ1) is 14.4. The number of benzene rings is 1. The summed E-state index contributed by atoms with van der Waals surface area (Å²) >= 11 is 0. The number of rotatable bonds is 8. The van der Waals surface area contributed by atoms with E-state index in [0.29, 0.717) is 30.2 Å². The number of nitrogens with one attached hydrogen (secondary N) is 1. The van der Waals surface area contributed by atoms with Crippen molar-refractivity contribution in [3.05, 3.63) is 65.5 Å². The molecule has 0 saturated heterocycles. The first kappa shape index (κ1) is 21.0. The Morgan fingerprint density at radius 2 is 2.10 bits per heavy atom. The second-order valence-corrected chi connectivity index (χ2v) is 7.11. The quantitative estimate of drug-likeness (QED) is 0.536. The molecule has 1 aromatic carbocycles. The van der Waals surface area contributed by atoms with Crippen LogP contribution in [0.4, 0.5) is 11.6 Å². The van der Waals surface area contributed by atoms with Gasteiger partial charge in [-0.25, -0.2) is 19.7 Å². The maximum Gasteiger partial charge on any atom is 0.339 e. The van der Waals surface area contributed by atoms with Gasteiger partial charge in [-0.1, -0.05) is 11.6 Å². The van der Waals surface area contributed by atoms with E-state index in [1.807, 2.05) is 49.7 Å². The van der Waals surface area contributed by atoms with Crippen LogP contribution in [0.25, 0.3) is 5.69 Å². The van der Waals surface area contributed by atoms with Crippen LogP contribution < -0.4 is 10.1 Å². The van der Waals surface area contributed by atoms with Crippen LogP contribution in [0.1, 0.15) is 42.0 Å². The molecule has 2 heterocycles. The molecule has 0 radical (unpaired) electrons. The fourth-order valence-corrected chi connectivity index (χ4v) is 2.99. The zero-order valence-corrected chi connectivity index (χ0v) is 17.5. The van der Waals surface area contributed by atoms with Gasteiger partial charge in [-0.15, -0.1) is 0 Å². The van der Waals surface area contributed by atoms with Crippen LogP contribution in [0.5, 0.6) is 5.75 Å². The molecule has 0 spiro atoms. The van der Waals surface area contributed by atoms with Gasteiger partial charge in [-0.2, -0.15) is 0 Å². The molecule has 3 aromatic rings. The minimum Gasteiger partial charge on any atom is -0.494 e. The lowest BCUT2D eigenvalue weighted by molar-refractivity contribution is 0.0694. The van der Waals surface area contributed by atoms with E-state index in [1.165, 1.54) is 11.8 Å². The lowest BCUT2D eigenvalue weighted by atomic mass is 10.1. The molecule has 2 aromatic heterocycles. The van der Waals surface area contributed by atoms with E-state index in [0.717, 1.165) is 17.1 Å². The highest BCUT2D eigenvalue weighted by atomic mass is 16.5. The van der Waals surface area contributed by atoms with Gasteiger partial charge in [0.1, 0.15) is 5.75 Å². The highest BCUT2D eigenvalue weighted by Crippen LogP contribution is 2.28. The first-order valence-electron chi connectivity index (χ1n) is 9.56. The average molecular weight is 407 g/mol. The summed E-state index contributed by atoms with van der Waals surface area (Å²) in [6.45, 7) is 5.94. The number of hydrogen-bond acceptors (Lipinski definition) is 6. The second kappa shape index (κ2) is 9.21. The van der Waals surface area contributed by atoms with Crippen LogP contribution in [-0.2, 0) is 6.42 Å². The van der Waals surface area contributed by atoms with Gasteiger partial charge >= 0.3 is 5.97 Å². The number of aromatic carboxylic acids is 1. The first-order valence-corrected chi connectivity index (χ1v) is 9.56. The maximum atomic E-state index is 11.5. The number of carbonyl (C=O) groups is 1. The molecule has 0 bridgehead atoms.